The van der Waals surface area contributed by atoms with Crippen LogP contribution in [0, 0.1) is 5.92 Å². The van der Waals surface area contributed by atoms with Gasteiger partial charge in [-0.25, -0.2) is 4.68 Å². The third kappa shape index (κ3) is 4.89. The Hall–Kier alpha value is -1.72. The van der Waals surface area contributed by atoms with Crippen LogP contribution in [0.2, 0.25) is 0 Å². The zero-order valence-corrected chi connectivity index (χ0v) is 14.6. The van der Waals surface area contributed by atoms with Crippen LogP contribution in [0.1, 0.15) is 50.8 Å². The molecule has 3 rings (SSSR count). The number of benzene rings is 1. The summed E-state index contributed by atoms with van der Waals surface area (Å²) in [6, 6.07) is 8.54. The topological polar surface area (TPSA) is 49.2 Å². The van der Waals surface area contributed by atoms with Crippen LogP contribution in [0.3, 0.4) is 0 Å². The van der Waals surface area contributed by atoms with Gasteiger partial charge < -0.3 is 9.47 Å². The highest BCUT2D eigenvalue weighted by Gasteiger charge is 2.15. The lowest BCUT2D eigenvalue weighted by atomic mass is 10.0. The van der Waals surface area contributed by atoms with Crippen molar-refractivity contribution in [1.29, 1.82) is 0 Å². The average Bonchev–Trinajstić information content (AvgIpc) is 3.08. The van der Waals surface area contributed by atoms with Crippen LogP contribution < -0.4 is 0 Å². The van der Waals surface area contributed by atoms with Crippen molar-refractivity contribution in [3.8, 4) is 5.69 Å². The van der Waals surface area contributed by atoms with Crippen LogP contribution in [-0.4, -0.2) is 27.9 Å². The first-order valence-electron chi connectivity index (χ1n) is 8.94. The van der Waals surface area contributed by atoms with Gasteiger partial charge >= 0.3 is 0 Å². The van der Waals surface area contributed by atoms with E-state index in [0.29, 0.717) is 6.61 Å². The molecule has 1 unspecified atom stereocenters. The highest BCUT2D eigenvalue weighted by molar-refractivity contribution is 5.33. The van der Waals surface area contributed by atoms with Gasteiger partial charge in [0.15, 0.2) is 6.29 Å². The van der Waals surface area contributed by atoms with E-state index in [0.717, 1.165) is 43.2 Å². The van der Waals surface area contributed by atoms with Crippen LogP contribution in [0.4, 0.5) is 0 Å². The fourth-order valence-corrected chi connectivity index (χ4v) is 2.78. The van der Waals surface area contributed by atoms with Gasteiger partial charge in [0.1, 0.15) is 5.69 Å². The summed E-state index contributed by atoms with van der Waals surface area (Å²) in [6.45, 7) is 5.75. The molecule has 0 bridgehead atoms. The molecule has 0 saturated carbocycles. The summed E-state index contributed by atoms with van der Waals surface area (Å²) in [7, 11) is 0. The summed E-state index contributed by atoms with van der Waals surface area (Å²) in [5, 5.41) is 8.39. The first-order chi connectivity index (χ1) is 11.7. The van der Waals surface area contributed by atoms with Crippen molar-refractivity contribution in [2.45, 2.75) is 58.8 Å². The van der Waals surface area contributed by atoms with E-state index in [4.69, 9.17) is 9.47 Å². The van der Waals surface area contributed by atoms with Gasteiger partial charge in [-0.2, -0.15) is 0 Å². The van der Waals surface area contributed by atoms with E-state index < -0.39 is 0 Å². The molecule has 1 fully saturated rings. The molecule has 0 spiro atoms. The molecule has 1 atom stereocenters. The molecule has 2 heterocycles. The number of rotatable bonds is 7. The maximum atomic E-state index is 5.75. The molecule has 5 nitrogen and oxygen atoms in total. The van der Waals surface area contributed by atoms with E-state index >= 15 is 0 Å². The van der Waals surface area contributed by atoms with E-state index in [1.165, 1.54) is 18.4 Å². The predicted octanol–water partition coefficient (Wildman–Crippen LogP) is 3.90. The van der Waals surface area contributed by atoms with Gasteiger partial charge in [-0.15, -0.1) is 5.10 Å². The summed E-state index contributed by atoms with van der Waals surface area (Å²) >= 11 is 0. The minimum atomic E-state index is -0.0934. The molecule has 1 aliphatic rings. The van der Waals surface area contributed by atoms with Gasteiger partial charge in [-0.05, 0) is 55.7 Å². The van der Waals surface area contributed by atoms with Gasteiger partial charge in [0.25, 0.3) is 0 Å². The molecule has 0 N–H and O–H groups in total. The Morgan fingerprint density at radius 2 is 2.08 bits per heavy atom. The second-order valence-corrected chi connectivity index (χ2v) is 6.86. The van der Waals surface area contributed by atoms with Crippen molar-refractivity contribution in [3.63, 3.8) is 0 Å². The molecule has 5 heteroatoms. The second-order valence-electron chi connectivity index (χ2n) is 6.86. The largest absolute Gasteiger partial charge is 0.353 e. The zero-order valence-electron chi connectivity index (χ0n) is 14.6. The van der Waals surface area contributed by atoms with Crippen LogP contribution >= 0.6 is 0 Å². The third-order valence-corrected chi connectivity index (χ3v) is 4.31. The Morgan fingerprint density at radius 3 is 2.79 bits per heavy atom. The predicted molar refractivity (Wildman–Crippen MR) is 92.9 cm³/mol. The Bertz CT molecular complexity index is 616. The van der Waals surface area contributed by atoms with Gasteiger partial charge in [0.2, 0.25) is 0 Å². The maximum absolute atomic E-state index is 5.75. The van der Waals surface area contributed by atoms with Gasteiger partial charge in [-0.1, -0.05) is 31.2 Å². The number of hydrogen-bond acceptors (Lipinski definition) is 4. The van der Waals surface area contributed by atoms with Crippen LogP contribution in [0.25, 0.3) is 5.69 Å². The quantitative estimate of drug-likeness (QED) is 0.773. The van der Waals surface area contributed by atoms with E-state index in [1.54, 1.807) is 4.68 Å². The smallest absolute Gasteiger partial charge is 0.158 e. The molecule has 0 radical (unpaired) electrons. The number of aryl methyl sites for hydroxylation is 1. The summed E-state index contributed by atoms with van der Waals surface area (Å²) < 4.78 is 13.1. The maximum Gasteiger partial charge on any atom is 0.158 e. The molecule has 1 aliphatic heterocycles. The van der Waals surface area contributed by atoms with Crippen molar-refractivity contribution in [1.82, 2.24) is 15.0 Å². The summed E-state index contributed by atoms with van der Waals surface area (Å²) in [4.78, 5) is 0. The Labute approximate surface area is 144 Å². The number of hydrogen-bond donors (Lipinski definition) is 0. The molecule has 0 aliphatic carbocycles. The highest BCUT2D eigenvalue weighted by atomic mass is 16.7. The summed E-state index contributed by atoms with van der Waals surface area (Å²) in [5.74, 6) is 0.732. The lowest BCUT2D eigenvalue weighted by Crippen LogP contribution is -2.22. The number of ether oxygens (including phenoxy) is 2. The highest BCUT2D eigenvalue weighted by Crippen LogP contribution is 2.16. The summed E-state index contributed by atoms with van der Waals surface area (Å²) in [6.07, 6.45) is 7.43. The molecule has 2 aromatic rings. The van der Waals surface area contributed by atoms with E-state index in [2.05, 4.69) is 48.4 Å². The number of aromatic nitrogens is 3. The molecule has 130 valence electrons. The zero-order chi connectivity index (χ0) is 16.8. The van der Waals surface area contributed by atoms with Crippen LogP contribution in [0.15, 0.2) is 30.5 Å². The van der Waals surface area contributed by atoms with E-state index in [9.17, 15) is 0 Å². The normalized spacial score (nSPS) is 18.2. The average molecular weight is 329 g/mol. The minimum Gasteiger partial charge on any atom is -0.353 e. The van der Waals surface area contributed by atoms with Crippen molar-refractivity contribution < 1.29 is 9.47 Å². The number of nitrogens with zero attached hydrogens (tertiary/aromatic N) is 3. The Kier molecular flexibility index (Phi) is 5.99. The first-order valence-corrected chi connectivity index (χ1v) is 8.94. The molecule has 24 heavy (non-hydrogen) atoms. The van der Waals surface area contributed by atoms with Crippen LogP contribution in [0.5, 0.6) is 0 Å². The van der Waals surface area contributed by atoms with Crippen molar-refractivity contribution in [2.24, 2.45) is 5.92 Å². The summed E-state index contributed by atoms with van der Waals surface area (Å²) in [5.41, 5.74) is 3.22. The standard InChI is InChI=1S/C19H27N3O2/c1-15(2)6-7-16-8-10-18(11-9-16)22-13-17(20-21-22)14-24-19-5-3-4-12-23-19/h8-11,13,15,19H,3-7,12,14H2,1-2H3. The lowest BCUT2D eigenvalue weighted by molar-refractivity contribution is -0.169. The minimum absolute atomic E-state index is 0.0934. The van der Waals surface area contributed by atoms with E-state index in [-0.39, 0.29) is 6.29 Å². The van der Waals surface area contributed by atoms with Gasteiger partial charge in [0.05, 0.1) is 18.5 Å². The van der Waals surface area contributed by atoms with Crippen LogP contribution in [-0.2, 0) is 22.5 Å². The monoisotopic (exact) mass is 329 g/mol. The fourth-order valence-electron chi connectivity index (χ4n) is 2.78. The molecular formula is C19H27N3O2. The van der Waals surface area contributed by atoms with Gasteiger partial charge in [0, 0.05) is 6.61 Å². The molecule has 0 amide bonds. The molecule has 1 saturated heterocycles. The van der Waals surface area contributed by atoms with Gasteiger partial charge in [-0.3, -0.25) is 0 Å². The lowest BCUT2D eigenvalue weighted by Gasteiger charge is -2.22. The third-order valence-electron chi connectivity index (χ3n) is 4.31. The van der Waals surface area contributed by atoms with E-state index in [1.807, 2.05) is 6.20 Å². The molecule has 1 aromatic heterocycles. The Morgan fingerprint density at radius 1 is 1.25 bits per heavy atom. The fraction of sp³-hybridized carbons (Fsp3) is 0.579. The van der Waals surface area contributed by atoms with Crippen molar-refractivity contribution in [3.05, 3.63) is 41.7 Å². The molecular weight excluding hydrogens is 302 g/mol. The SMILES string of the molecule is CC(C)CCc1ccc(-n2cc(COC3CCCCO3)nn2)cc1. The second kappa shape index (κ2) is 8.40. The Balaban J connectivity index is 1.54. The van der Waals surface area contributed by atoms with Crippen molar-refractivity contribution >= 4 is 0 Å². The van der Waals surface area contributed by atoms with Crippen molar-refractivity contribution in [2.75, 3.05) is 6.61 Å². The first kappa shape index (κ1) is 17.1. The molecule has 1 aromatic carbocycles.